The molecule has 4 rings (SSSR count). The van der Waals surface area contributed by atoms with Gasteiger partial charge in [0.15, 0.2) is 0 Å². The first-order chi connectivity index (χ1) is 18.0. The third kappa shape index (κ3) is 7.18. The number of hydrogen-bond donors (Lipinski definition) is 0. The van der Waals surface area contributed by atoms with Gasteiger partial charge in [-0.1, -0.05) is 42.9 Å². The number of rotatable bonds is 9. The summed E-state index contributed by atoms with van der Waals surface area (Å²) in [6.07, 6.45) is 19.3. The van der Waals surface area contributed by atoms with Gasteiger partial charge < -0.3 is 4.74 Å². The first kappa shape index (κ1) is 27.3. The molecular formula is C33H40F2O2. The van der Waals surface area contributed by atoms with E-state index in [9.17, 15) is 13.6 Å². The van der Waals surface area contributed by atoms with Crippen molar-refractivity contribution in [1.29, 1.82) is 0 Å². The average Bonchev–Trinajstić information content (AvgIpc) is 2.90. The lowest BCUT2D eigenvalue weighted by Gasteiger charge is -2.42. The number of benzene rings is 2. The Hall–Kier alpha value is -2.75. The monoisotopic (exact) mass is 506 g/mol. The van der Waals surface area contributed by atoms with E-state index >= 15 is 0 Å². The molecule has 2 nitrogen and oxygen atoms in total. The number of ether oxygens (including phenoxy) is 1. The zero-order valence-electron chi connectivity index (χ0n) is 22.2. The second-order valence-electron chi connectivity index (χ2n) is 10.8. The Morgan fingerprint density at radius 1 is 0.892 bits per heavy atom. The van der Waals surface area contributed by atoms with Crippen LogP contribution in [0.4, 0.5) is 8.78 Å². The summed E-state index contributed by atoms with van der Waals surface area (Å²) in [6.45, 7) is 3.97. The van der Waals surface area contributed by atoms with E-state index in [-0.39, 0.29) is 17.7 Å². The Bertz CT molecular complexity index is 1080. The molecule has 0 radical (unpaired) electrons. The van der Waals surface area contributed by atoms with Crippen LogP contribution in [0, 0.1) is 29.4 Å². The summed E-state index contributed by atoms with van der Waals surface area (Å²) in [5.41, 5.74) is 1.67. The third-order valence-corrected chi connectivity index (χ3v) is 8.44. The second-order valence-corrected chi connectivity index (χ2v) is 10.8. The molecule has 2 aromatic carbocycles. The Labute approximate surface area is 220 Å². The minimum atomic E-state index is -0.690. The first-order valence-corrected chi connectivity index (χ1v) is 14.0. The molecule has 2 aromatic rings. The molecule has 0 N–H and O–H groups in total. The Kier molecular flexibility index (Phi) is 9.71. The van der Waals surface area contributed by atoms with E-state index in [2.05, 4.69) is 19.1 Å². The summed E-state index contributed by atoms with van der Waals surface area (Å²) < 4.78 is 34.1. The topological polar surface area (TPSA) is 26.3 Å². The van der Waals surface area contributed by atoms with Gasteiger partial charge in [0, 0.05) is 17.7 Å². The predicted molar refractivity (Wildman–Crippen MR) is 146 cm³/mol. The predicted octanol–water partition coefficient (Wildman–Crippen LogP) is 9.35. The molecule has 2 aliphatic rings. The lowest BCUT2D eigenvalue weighted by Crippen LogP contribution is -2.30. The normalized spacial score (nSPS) is 23.9. The summed E-state index contributed by atoms with van der Waals surface area (Å²) in [7, 11) is 0. The fraction of sp³-hybridized carbons (Fsp3) is 0.485. The fourth-order valence-corrected chi connectivity index (χ4v) is 6.38. The van der Waals surface area contributed by atoms with Crippen molar-refractivity contribution in [2.24, 2.45) is 17.8 Å². The number of carbonyl (C=O) groups excluding carboxylic acids is 1. The maximum Gasteiger partial charge on any atom is 0.343 e. The summed E-state index contributed by atoms with van der Waals surface area (Å²) in [5, 5.41) is 0. The van der Waals surface area contributed by atoms with E-state index in [1.807, 2.05) is 31.2 Å². The first-order valence-electron chi connectivity index (χ1n) is 14.0. The van der Waals surface area contributed by atoms with Crippen molar-refractivity contribution in [1.82, 2.24) is 0 Å². The van der Waals surface area contributed by atoms with Gasteiger partial charge in [-0.05, 0) is 113 Å². The molecular weight excluding hydrogens is 466 g/mol. The zero-order valence-corrected chi connectivity index (χ0v) is 22.2. The Balaban J connectivity index is 1.32. The lowest BCUT2D eigenvalue weighted by atomic mass is 9.63. The number of halogens is 2. The van der Waals surface area contributed by atoms with Crippen LogP contribution in [-0.4, -0.2) is 5.97 Å². The molecule has 2 saturated carbocycles. The van der Waals surface area contributed by atoms with E-state index in [0.29, 0.717) is 17.9 Å². The molecule has 0 aromatic heterocycles. The van der Waals surface area contributed by atoms with Gasteiger partial charge in [-0.3, -0.25) is 0 Å². The zero-order chi connectivity index (χ0) is 26.2. The number of hydrogen-bond acceptors (Lipinski definition) is 2. The van der Waals surface area contributed by atoms with Gasteiger partial charge in [0.1, 0.15) is 17.4 Å². The molecule has 0 spiro atoms. The molecule has 4 heteroatoms. The molecule has 0 amide bonds. The SMILES string of the molecule is C/C=C/CCc1c(F)cc(OC(=O)c2ccc(C3CCC4CC(CC/C=C/C)CCC4C3)cc2)cc1F. The number of esters is 1. The van der Waals surface area contributed by atoms with Crippen LogP contribution in [0.1, 0.15) is 99.0 Å². The molecule has 2 fully saturated rings. The Morgan fingerprint density at radius 2 is 1.54 bits per heavy atom. The average molecular weight is 507 g/mol. The van der Waals surface area contributed by atoms with Gasteiger partial charge in [0.2, 0.25) is 0 Å². The van der Waals surface area contributed by atoms with Crippen LogP contribution in [-0.2, 0) is 6.42 Å². The number of allylic oxidation sites excluding steroid dienone is 4. The fourth-order valence-electron chi connectivity index (χ4n) is 6.38. The van der Waals surface area contributed by atoms with Crippen molar-refractivity contribution < 1.29 is 18.3 Å². The van der Waals surface area contributed by atoms with Crippen LogP contribution in [0.5, 0.6) is 5.75 Å². The maximum absolute atomic E-state index is 14.4. The molecule has 37 heavy (non-hydrogen) atoms. The van der Waals surface area contributed by atoms with Crippen molar-refractivity contribution in [3.05, 3.63) is 89.0 Å². The van der Waals surface area contributed by atoms with Crippen LogP contribution in [0.25, 0.3) is 0 Å². The van der Waals surface area contributed by atoms with Crippen molar-refractivity contribution >= 4 is 5.97 Å². The van der Waals surface area contributed by atoms with Crippen molar-refractivity contribution in [3.8, 4) is 5.75 Å². The Morgan fingerprint density at radius 3 is 2.24 bits per heavy atom. The van der Waals surface area contributed by atoms with Crippen LogP contribution in [0.3, 0.4) is 0 Å². The van der Waals surface area contributed by atoms with Crippen LogP contribution < -0.4 is 4.74 Å². The van der Waals surface area contributed by atoms with E-state index in [1.54, 1.807) is 12.1 Å². The number of carbonyl (C=O) groups is 1. The molecule has 4 atom stereocenters. The van der Waals surface area contributed by atoms with Gasteiger partial charge >= 0.3 is 5.97 Å². The van der Waals surface area contributed by atoms with Gasteiger partial charge in [0.05, 0.1) is 5.56 Å². The van der Waals surface area contributed by atoms with Crippen LogP contribution in [0.2, 0.25) is 0 Å². The van der Waals surface area contributed by atoms with Crippen molar-refractivity contribution in [2.45, 2.75) is 84.0 Å². The highest BCUT2D eigenvalue weighted by molar-refractivity contribution is 5.91. The largest absolute Gasteiger partial charge is 0.423 e. The molecule has 4 unspecified atom stereocenters. The molecule has 2 aliphatic carbocycles. The van der Waals surface area contributed by atoms with E-state index in [1.165, 1.54) is 56.9 Å². The van der Waals surface area contributed by atoms with Crippen LogP contribution in [0.15, 0.2) is 60.7 Å². The summed E-state index contributed by atoms with van der Waals surface area (Å²) in [5.74, 6) is 0.998. The quantitative estimate of drug-likeness (QED) is 0.192. The van der Waals surface area contributed by atoms with Crippen LogP contribution >= 0.6 is 0 Å². The maximum atomic E-state index is 14.4. The van der Waals surface area contributed by atoms with Crippen molar-refractivity contribution in [2.75, 3.05) is 0 Å². The molecule has 0 bridgehead atoms. The van der Waals surface area contributed by atoms with Crippen molar-refractivity contribution in [3.63, 3.8) is 0 Å². The van der Waals surface area contributed by atoms with Gasteiger partial charge in [-0.25, -0.2) is 13.6 Å². The summed E-state index contributed by atoms with van der Waals surface area (Å²) >= 11 is 0. The molecule has 198 valence electrons. The highest BCUT2D eigenvalue weighted by Gasteiger charge is 2.35. The second kappa shape index (κ2) is 13.2. The minimum absolute atomic E-state index is 0.0131. The van der Waals surface area contributed by atoms with Gasteiger partial charge in [-0.15, -0.1) is 0 Å². The van der Waals surface area contributed by atoms with E-state index in [4.69, 9.17) is 4.74 Å². The molecule has 0 saturated heterocycles. The summed E-state index contributed by atoms with van der Waals surface area (Å²) in [6, 6.07) is 9.79. The highest BCUT2D eigenvalue weighted by Crippen LogP contribution is 2.48. The van der Waals surface area contributed by atoms with E-state index in [0.717, 1.165) is 29.9 Å². The summed E-state index contributed by atoms with van der Waals surface area (Å²) in [4.78, 5) is 12.7. The minimum Gasteiger partial charge on any atom is -0.423 e. The van der Waals surface area contributed by atoms with Gasteiger partial charge in [0.25, 0.3) is 0 Å². The smallest absolute Gasteiger partial charge is 0.343 e. The van der Waals surface area contributed by atoms with E-state index < -0.39 is 17.6 Å². The highest BCUT2D eigenvalue weighted by atomic mass is 19.1. The lowest BCUT2D eigenvalue weighted by molar-refractivity contribution is 0.0733. The molecule has 0 aliphatic heterocycles. The molecule has 0 heterocycles. The number of fused-ring (bicyclic) bond motifs is 1. The standard InChI is InChI=1S/C33H40F2O2/c1-3-5-7-9-23-11-12-28-20-27(18-17-26(28)19-23)24-13-15-25(16-14-24)33(36)37-29-21-31(34)30(32(35)22-29)10-8-6-4-2/h3-6,13-16,21-23,26-28H,7-12,17-20H2,1-2H3/b5-3+,6-4+. The van der Waals surface area contributed by atoms with Gasteiger partial charge in [-0.2, -0.15) is 0 Å². The third-order valence-electron chi connectivity index (χ3n) is 8.44.